The number of nitrogens with one attached hydrogen (secondary N) is 1. The van der Waals surface area contributed by atoms with E-state index in [1.807, 2.05) is 13.8 Å². The molecule has 2 atom stereocenters. The first kappa shape index (κ1) is 16.9. The Balaban J connectivity index is 2.10. The van der Waals surface area contributed by atoms with Crippen LogP contribution in [-0.4, -0.2) is 23.7 Å². The highest BCUT2D eigenvalue weighted by atomic mass is 19.1. The van der Waals surface area contributed by atoms with E-state index in [0.29, 0.717) is 0 Å². The summed E-state index contributed by atoms with van der Waals surface area (Å²) in [4.78, 5) is 12.7. The van der Waals surface area contributed by atoms with Crippen molar-refractivity contribution < 1.29 is 14.3 Å². The van der Waals surface area contributed by atoms with Crippen molar-refractivity contribution in [2.24, 2.45) is 5.92 Å². The molecule has 2 rings (SSSR count). The van der Waals surface area contributed by atoms with Crippen molar-refractivity contribution in [2.45, 2.75) is 57.4 Å². The Labute approximate surface area is 131 Å². The zero-order valence-electron chi connectivity index (χ0n) is 13.4. The van der Waals surface area contributed by atoms with Gasteiger partial charge in [0.25, 0.3) is 0 Å². The van der Waals surface area contributed by atoms with Gasteiger partial charge in [-0.3, -0.25) is 4.79 Å². The molecule has 0 radical (unpaired) electrons. The van der Waals surface area contributed by atoms with Crippen molar-refractivity contribution in [2.75, 3.05) is 6.61 Å². The van der Waals surface area contributed by atoms with E-state index in [9.17, 15) is 14.3 Å². The Morgan fingerprint density at radius 2 is 1.86 bits per heavy atom. The quantitative estimate of drug-likeness (QED) is 0.840. The van der Waals surface area contributed by atoms with Crippen LogP contribution in [0.4, 0.5) is 4.39 Å². The van der Waals surface area contributed by atoms with Gasteiger partial charge in [0.1, 0.15) is 5.82 Å². The van der Waals surface area contributed by atoms with E-state index in [-0.39, 0.29) is 30.3 Å². The Bertz CT molecular complexity index is 498. The van der Waals surface area contributed by atoms with Crippen LogP contribution in [0.3, 0.4) is 0 Å². The Morgan fingerprint density at radius 3 is 2.50 bits per heavy atom. The lowest BCUT2D eigenvalue weighted by Gasteiger charge is -2.30. The van der Waals surface area contributed by atoms with Gasteiger partial charge in [0, 0.05) is 18.6 Å². The fraction of sp³-hybridized carbons (Fsp3) is 0.611. The van der Waals surface area contributed by atoms with Gasteiger partial charge in [-0.2, -0.15) is 0 Å². The topological polar surface area (TPSA) is 49.3 Å². The summed E-state index contributed by atoms with van der Waals surface area (Å²) >= 11 is 0. The second kappa shape index (κ2) is 7.23. The van der Waals surface area contributed by atoms with Gasteiger partial charge in [-0.05, 0) is 44.4 Å². The first-order valence-electron chi connectivity index (χ1n) is 8.13. The van der Waals surface area contributed by atoms with Crippen molar-refractivity contribution in [3.05, 3.63) is 35.6 Å². The fourth-order valence-electron chi connectivity index (χ4n) is 3.14. The summed E-state index contributed by atoms with van der Waals surface area (Å²) in [5.41, 5.74) is 0.0700. The number of halogens is 1. The number of aliphatic hydroxyl groups is 1. The molecular formula is C18H26FNO2. The van der Waals surface area contributed by atoms with E-state index in [4.69, 9.17) is 0 Å². The predicted molar refractivity (Wildman–Crippen MR) is 85.0 cm³/mol. The second-order valence-electron chi connectivity index (χ2n) is 6.79. The molecule has 2 unspecified atom stereocenters. The molecule has 0 spiro atoms. The molecule has 1 aromatic carbocycles. The van der Waals surface area contributed by atoms with Crippen LogP contribution in [0.1, 0.15) is 51.5 Å². The van der Waals surface area contributed by atoms with E-state index in [0.717, 1.165) is 37.7 Å². The summed E-state index contributed by atoms with van der Waals surface area (Å²) in [5, 5.41) is 12.7. The molecule has 1 aromatic rings. The largest absolute Gasteiger partial charge is 0.396 e. The van der Waals surface area contributed by atoms with Gasteiger partial charge >= 0.3 is 0 Å². The van der Waals surface area contributed by atoms with Gasteiger partial charge < -0.3 is 10.4 Å². The van der Waals surface area contributed by atoms with Crippen LogP contribution >= 0.6 is 0 Å². The summed E-state index contributed by atoms with van der Waals surface area (Å²) in [7, 11) is 0. The van der Waals surface area contributed by atoms with Gasteiger partial charge in [0.2, 0.25) is 5.91 Å². The lowest BCUT2D eigenvalue weighted by molar-refractivity contribution is -0.127. The SMILES string of the molecule is CC(C)(C(=O)NC1CCCCCC1CO)c1ccc(F)cc1. The molecule has 1 saturated carbocycles. The molecular weight excluding hydrogens is 281 g/mol. The number of carbonyl (C=O) groups excluding carboxylic acids is 1. The molecule has 0 aliphatic heterocycles. The van der Waals surface area contributed by atoms with Crippen molar-refractivity contribution in [3.8, 4) is 0 Å². The smallest absolute Gasteiger partial charge is 0.230 e. The summed E-state index contributed by atoms with van der Waals surface area (Å²) in [6, 6.07) is 6.11. The van der Waals surface area contributed by atoms with Crippen LogP contribution < -0.4 is 5.32 Å². The van der Waals surface area contributed by atoms with Gasteiger partial charge in [0.15, 0.2) is 0 Å². The zero-order chi connectivity index (χ0) is 16.2. The fourth-order valence-corrected chi connectivity index (χ4v) is 3.14. The molecule has 1 aliphatic carbocycles. The van der Waals surface area contributed by atoms with Crippen molar-refractivity contribution >= 4 is 5.91 Å². The Morgan fingerprint density at radius 1 is 1.23 bits per heavy atom. The summed E-state index contributed by atoms with van der Waals surface area (Å²) in [6.07, 6.45) is 5.22. The van der Waals surface area contributed by atoms with Crippen molar-refractivity contribution in [3.63, 3.8) is 0 Å². The van der Waals surface area contributed by atoms with Crippen LogP contribution in [0.2, 0.25) is 0 Å². The van der Waals surface area contributed by atoms with Gasteiger partial charge in [-0.1, -0.05) is 31.4 Å². The van der Waals surface area contributed by atoms with Crippen LogP contribution in [-0.2, 0) is 10.2 Å². The van der Waals surface area contributed by atoms with E-state index in [1.54, 1.807) is 12.1 Å². The molecule has 0 aromatic heterocycles. The first-order chi connectivity index (χ1) is 10.4. The summed E-state index contributed by atoms with van der Waals surface area (Å²) in [6.45, 7) is 3.81. The van der Waals surface area contributed by atoms with Crippen LogP contribution in [0.5, 0.6) is 0 Å². The maximum atomic E-state index is 13.1. The first-order valence-corrected chi connectivity index (χ1v) is 8.13. The molecule has 0 heterocycles. The number of amides is 1. The molecule has 0 saturated heterocycles. The van der Waals surface area contributed by atoms with Crippen molar-refractivity contribution in [1.82, 2.24) is 5.32 Å². The predicted octanol–water partition coefficient (Wildman–Crippen LogP) is 3.16. The number of hydrogen-bond acceptors (Lipinski definition) is 2. The molecule has 122 valence electrons. The maximum Gasteiger partial charge on any atom is 0.230 e. The van der Waals surface area contributed by atoms with Crippen LogP contribution in [0.15, 0.2) is 24.3 Å². The van der Waals surface area contributed by atoms with E-state index < -0.39 is 5.41 Å². The minimum atomic E-state index is -0.722. The Kier molecular flexibility index (Phi) is 5.57. The Hall–Kier alpha value is -1.42. The van der Waals surface area contributed by atoms with Gasteiger partial charge in [-0.25, -0.2) is 4.39 Å². The third-order valence-corrected chi connectivity index (χ3v) is 4.84. The normalized spacial score (nSPS) is 22.9. The van der Waals surface area contributed by atoms with Gasteiger partial charge in [-0.15, -0.1) is 0 Å². The molecule has 1 aliphatic rings. The lowest BCUT2D eigenvalue weighted by Crippen LogP contribution is -2.48. The number of aliphatic hydroxyl groups excluding tert-OH is 1. The van der Waals surface area contributed by atoms with Crippen LogP contribution in [0, 0.1) is 11.7 Å². The highest BCUT2D eigenvalue weighted by Gasteiger charge is 2.33. The van der Waals surface area contributed by atoms with Crippen molar-refractivity contribution in [1.29, 1.82) is 0 Å². The monoisotopic (exact) mass is 307 g/mol. The standard InChI is InChI=1S/C18H26FNO2/c1-18(2,14-8-10-15(19)11-9-14)17(22)20-16-7-5-3-4-6-13(16)12-21/h8-11,13,16,21H,3-7,12H2,1-2H3,(H,20,22). The molecule has 2 N–H and O–H groups in total. The summed E-state index contributed by atoms with van der Waals surface area (Å²) < 4.78 is 13.1. The average molecular weight is 307 g/mol. The molecule has 1 fully saturated rings. The molecule has 0 bridgehead atoms. The number of carbonyl (C=O) groups is 1. The van der Waals surface area contributed by atoms with E-state index in [1.165, 1.54) is 12.1 Å². The lowest BCUT2D eigenvalue weighted by atomic mass is 9.83. The molecule has 22 heavy (non-hydrogen) atoms. The van der Waals surface area contributed by atoms with E-state index in [2.05, 4.69) is 5.32 Å². The molecule has 3 nitrogen and oxygen atoms in total. The third-order valence-electron chi connectivity index (χ3n) is 4.84. The minimum Gasteiger partial charge on any atom is -0.396 e. The average Bonchev–Trinajstić information content (AvgIpc) is 2.72. The van der Waals surface area contributed by atoms with E-state index >= 15 is 0 Å². The zero-order valence-corrected chi connectivity index (χ0v) is 13.4. The highest BCUT2D eigenvalue weighted by Crippen LogP contribution is 2.27. The van der Waals surface area contributed by atoms with Gasteiger partial charge in [0.05, 0.1) is 5.41 Å². The molecule has 1 amide bonds. The maximum absolute atomic E-state index is 13.1. The second-order valence-corrected chi connectivity index (χ2v) is 6.79. The highest BCUT2D eigenvalue weighted by molar-refractivity contribution is 5.87. The number of benzene rings is 1. The number of hydrogen-bond donors (Lipinski definition) is 2. The third kappa shape index (κ3) is 3.86. The number of rotatable bonds is 4. The van der Waals surface area contributed by atoms with Crippen LogP contribution in [0.25, 0.3) is 0 Å². The molecule has 4 heteroatoms. The minimum absolute atomic E-state index is 0.0275. The summed E-state index contributed by atoms with van der Waals surface area (Å²) in [5.74, 6) is -0.232.